The molecule has 0 amide bonds. The summed E-state index contributed by atoms with van der Waals surface area (Å²) in [5, 5.41) is 11.9. The molecule has 2 N–H and O–H groups in total. The lowest BCUT2D eigenvalue weighted by molar-refractivity contribution is 0.0698. The smallest absolute Gasteiger partial charge is 0.337 e. The minimum Gasteiger partial charge on any atom is -0.478 e. The number of rotatable bonds is 3. The molecule has 2 rings (SSSR count). The zero-order chi connectivity index (χ0) is 13.1. The third kappa shape index (κ3) is 2.68. The van der Waals surface area contributed by atoms with E-state index in [0.29, 0.717) is 16.8 Å². The van der Waals surface area contributed by atoms with Crippen molar-refractivity contribution < 1.29 is 14.3 Å². The van der Waals surface area contributed by atoms with Crippen LogP contribution in [0.4, 0.5) is 15.8 Å². The van der Waals surface area contributed by atoms with Gasteiger partial charge in [0.1, 0.15) is 13.7 Å². The molecule has 2 aromatic rings. The average Bonchev–Trinajstić information content (AvgIpc) is 2.32. The van der Waals surface area contributed by atoms with E-state index >= 15 is 0 Å². The van der Waals surface area contributed by atoms with Crippen LogP contribution in [0.25, 0.3) is 0 Å². The number of hydrogen-bond acceptors (Lipinski definition) is 2. The minimum atomic E-state index is -1.06. The van der Waals surface area contributed by atoms with Crippen LogP contribution in [0.5, 0.6) is 0 Å². The fourth-order valence-electron chi connectivity index (χ4n) is 1.54. The molecule has 0 aliphatic rings. The van der Waals surface area contributed by atoms with E-state index in [9.17, 15) is 9.18 Å². The van der Waals surface area contributed by atoms with E-state index in [4.69, 9.17) is 13.0 Å². The van der Waals surface area contributed by atoms with Crippen molar-refractivity contribution in [3.63, 3.8) is 0 Å². The van der Waals surface area contributed by atoms with Crippen LogP contribution in [-0.4, -0.2) is 18.9 Å². The van der Waals surface area contributed by atoms with E-state index in [-0.39, 0.29) is 11.4 Å². The highest BCUT2D eigenvalue weighted by molar-refractivity contribution is 6.32. The summed E-state index contributed by atoms with van der Waals surface area (Å²) in [6.07, 6.45) is 0. The second kappa shape index (κ2) is 4.92. The molecule has 0 heterocycles. The standard InChI is InChI=1S/C13H9BFNO2/c14-8-1-6-11(13(17)18)12(7-8)16-10-4-2-9(15)3-5-10/h1-7,16H,(H,17,18). The molecule has 5 heteroatoms. The Labute approximate surface area is 105 Å². The van der Waals surface area contributed by atoms with Crippen LogP contribution in [-0.2, 0) is 0 Å². The molecule has 0 fully saturated rings. The quantitative estimate of drug-likeness (QED) is 0.808. The van der Waals surface area contributed by atoms with Crippen LogP contribution in [0.3, 0.4) is 0 Å². The number of nitrogens with one attached hydrogen (secondary N) is 1. The van der Waals surface area contributed by atoms with Gasteiger partial charge in [0, 0.05) is 5.69 Å². The van der Waals surface area contributed by atoms with E-state index in [0.717, 1.165) is 0 Å². The molecule has 0 atom stereocenters. The topological polar surface area (TPSA) is 49.3 Å². The largest absolute Gasteiger partial charge is 0.478 e. The van der Waals surface area contributed by atoms with Crippen LogP contribution < -0.4 is 10.8 Å². The molecule has 0 spiro atoms. The lowest BCUT2D eigenvalue weighted by atomic mass is 9.94. The Morgan fingerprint density at radius 3 is 2.44 bits per heavy atom. The van der Waals surface area contributed by atoms with Gasteiger partial charge in [0.15, 0.2) is 0 Å². The van der Waals surface area contributed by atoms with E-state index in [1.165, 1.54) is 42.5 Å². The van der Waals surface area contributed by atoms with Crippen LogP contribution in [0.1, 0.15) is 10.4 Å². The lowest BCUT2D eigenvalue weighted by Crippen LogP contribution is -2.09. The van der Waals surface area contributed by atoms with Gasteiger partial charge in [0.05, 0.1) is 11.3 Å². The molecule has 0 aliphatic heterocycles. The minimum absolute atomic E-state index is 0.105. The van der Waals surface area contributed by atoms with Gasteiger partial charge < -0.3 is 10.4 Å². The summed E-state index contributed by atoms with van der Waals surface area (Å²) in [5.41, 5.74) is 1.51. The molecule has 0 aliphatic carbocycles. The number of carboxylic acids is 1. The molecule has 18 heavy (non-hydrogen) atoms. The van der Waals surface area contributed by atoms with Crippen molar-refractivity contribution >= 4 is 30.7 Å². The molecular weight excluding hydrogens is 232 g/mol. The lowest BCUT2D eigenvalue weighted by Gasteiger charge is -2.10. The maximum Gasteiger partial charge on any atom is 0.337 e. The maximum absolute atomic E-state index is 12.8. The Balaban J connectivity index is 2.35. The zero-order valence-electron chi connectivity index (χ0n) is 9.35. The highest BCUT2D eigenvalue weighted by atomic mass is 19.1. The summed E-state index contributed by atoms with van der Waals surface area (Å²) in [7, 11) is 5.61. The first kappa shape index (κ1) is 12.2. The SMILES string of the molecule is [B]c1ccc(C(=O)O)c(Nc2ccc(F)cc2)c1. The van der Waals surface area contributed by atoms with E-state index in [1.54, 1.807) is 0 Å². The average molecular weight is 241 g/mol. The summed E-state index contributed by atoms with van der Waals surface area (Å²) >= 11 is 0. The highest BCUT2D eigenvalue weighted by Crippen LogP contribution is 2.20. The summed E-state index contributed by atoms with van der Waals surface area (Å²) < 4.78 is 12.8. The normalized spacial score (nSPS) is 10.1. The van der Waals surface area contributed by atoms with E-state index in [1.807, 2.05) is 0 Å². The monoisotopic (exact) mass is 241 g/mol. The Kier molecular flexibility index (Phi) is 3.32. The number of benzene rings is 2. The van der Waals surface area contributed by atoms with E-state index in [2.05, 4.69) is 5.32 Å². The van der Waals surface area contributed by atoms with Crippen molar-refractivity contribution in [1.29, 1.82) is 0 Å². The molecule has 2 aromatic carbocycles. The first-order valence-corrected chi connectivity index (χ1v) is 5.21. The summed E-state index contributed by atoms with van der Waals surface area (Å²) in [6.45, 7) is 0. The Morgan fingerprint density at radius 1 is 1.17 bits per heavy atom. The van der Waals surface area contributed by atoms with Crippen molar-refractivity contribution in [2.45, 2.75) is 0 Å². The molecule has 0 aromatic heterocycles. The Bertz CT molecular complexity index is 584. The predicted molar refractivity (Wildman–Crippen MR) is 68.5 cm³/mol. The van der Waals surface area contributed by atoms with Crippen LogP contribution in [0.15, 0.2) is 42.5 Å². The second-order valence-electron chi connectivity index (χ2n) is 3.74. The third-order valence-electron chi connectivity index (χ3n) is 2.40. The number of carboxylic acid groups (broad SMARTS) is 1. The van der Waals surface area contributed by atoms with Crippen LogP contribution in [0, 0.1) is 5.82 Å². The number of anilines is 2. The van der Waals surface area contributed by atoms with Crippen molar-refractivity contribution in [3.8, 4) is 0 Å². The van der Waals surface area contributed by atoms with E-state index < -0.39 is 5.97 Å². The van der Waals surface area contributed by atoms with Crippen LogP contribution >= 0.6 is 0 Å². The van der Waals surface area contributed by atoms with Gasteiger partial charge in [0.25, 0.3) is 0 Å². The Morgan fingerprint density at radius 2 is 1.83 bits per heavy atom. The first-order valence-electron chi connectivity index (χ1n) is 5.21. The number of hydrogen-bond donors (Lipinski definition) is 2. The van der Waals surface area contributed by atoms with Gasteiger partial charge in [-0.05, 0) is 36.4 Å². The zero-order valence-corrected chi connectivity index (χ0v) is 9.35. The molecule has 0 unspecified atom stereocenters. The van der Waals surface area contributed by atoms with Crippen molar-refractivity contribution in [2.24, 2.45) is 0 Å². The molecule has 0 bridgehead atoms. The van der Waals surface area contributed by atoms with Gasteiger partial charge in [0.2, 0.25) is 0 Å². The fourth-order valence-corrected chi connectivity index (χ4v) is 1.54. The summed E-state index contributed by atoms with van der Waals surface area (Å²) in [4.78, 5) is 11.0. The highest BCUT2D eigenvalue weighted by Gasteiger charge is 2.09. The summed E-state index contributed by atoms with van der Waals surface area (Å²) in [5.74, 6) is -1.41. The van der Waals surface area contributed by atoms with Gasteiger partial charge >= 0.3 is 5.97 Å². The summed E-state index contributed by atoms with van der Waals surface area (Å²) in [6, 6.07) is 10.1. The number of aromatic carboxylic acids is 1. The predicted octanol–water partition coefficient (Wildman–Crippen LogP) is 2.06. The van der Waals surface area contributed by atoms with Crippen molar-refractivity contribution in [1.82, 2.24) is 0 Å². The maximum atomic E-state index is 12.8. The molecular formula is C13H9BFNO2. The van der Waals surface area contributed by atoms with Gasteiger partial charge in [-0.2, -0.15) is 0 Å². The van der Waals surface area contributed by atoms with Crippen molar-refractivity contribution in [2.75, 3.05) is 5.32 Å². The number of halogens is 1. The third-order valence-corrected chi connectivity index (χ3v) is 2.40. The van der Waals surface area contributed by atoms with Gasteiger partial charge in [-0.3, -0.25) is 0 Å². The molecule has 0 saturated heterocycles. The molecule has 0 saturated carbocycles. The first-order chi connectivity index (χ1) is 8.56. The second-order valence-corrected chi connectivity index (χ2v) is 3.74. The van der Waals surface area contributed by atoms with Gasteiger partial charge in [-0.25, -0.2) is 9.18 Å². The van der Waals surface area contributed by atoms with Gasteiger partial charge in [-0.15, -0.1) is 0 Å². The molecule has 88 valence electrons. The van der Waals surface area contributed by atoms with Crippen LogP contribution in [0.2, 0.25) is 0 Å². The molecule has 2 radical (unpaired) electrons. The van der Waals surface area contributed by atoms with Gasteiger partial charge in [-0.1, -0.05) is 11.5 Å². The van der Waals surface area contributed by atoms with Crippen molar-refractivity contribution in [3.05, 3.63) is 53.8 Å². The molecule has 3 nitrogen and oxygen atoms in total. The fraction of sp³-hybridized carbons (Fsp3) is 0. The number of carbonyl (C=O) groups is 1. The Hall–Kier alpha value is -2.30.